The summed E-state index contributed by atoms with van der Waals surface area (Å²) in [6, 6.07) is 6.32. The summed E-state index contributed by atoms with van der Waals surface area (Å²) in [4.78, 5) is 22.0. The molecule has 0 saturated carbocycles. The predicted octanol–water partition coefficient (Wildman–Crippen LogP) is 1.53. The molecular formula is C11H13BrN2O3S. The van der Waals surface area contributed by atoms with Gasteiger partial charge in [-0.15, -0.1) is 11.8 Å². The van der Waals surface area contributed by atoms with Crippen molar-refractivity contribution < 1.29 is 14.7 Å². The smallest absolute Gasteiger partial charge is 0.321 e. The van der Waals surface area contributed by atoms with Crippen molar-refractivity contribution >= 4 is 45.3 Å². The highest BCUT2D eigenvalue weighted by molar-refractivity contribution is 9.10. The summed E-state index contributed by atoms with van der Waals surface area (Å²) in [5.41, 5.74) is 6.01. The topological polar surface area (TPSA) is 92.4 Å². The molecule has 0 bridgehead atoms. The molecule has 0 aliphatic rings. The fourth-order valence-electron chi connectivity index (χ4n) is 1.10. The van der Waals surface area contributed by atoms with Crippen molar-refractivity contribution in [2.75, 3.05) is 16.8 Å². The van der Waals surface area contributed by atoms with Crippen molar-refractivity contribution in [2.45, 2.75) is 6.04 Å². The summed E-state index contributed by atoms with van der Waals surface area (Å²) in [7, 11) is 0. The average molecular weight is 333 g/mol. The van der Waals surface area contributed by atoms with Gasteiger partial charge in [-0.25, -0.2) is 0 Å². The lowest BCUT2D eigenvalue weighted by atomic mass is 10.3. The Bertz CT molecular complexity index is 442. The predicted molar refractivity (Wildman–Crippen MR) is 75.7 cm³/mol. The first-order valence-electron chi connectivity index (χ1n) is 5.11. The number of carboxylic acids is 1. The minimum absolute atomic E-state index is 0.169. The van der Waals surface area contributed by atoms with Gasteiger partial charge in [-0.2, -0.15) is 0 Å². The van der Waals surface area contributed by atoms with Crippen molar-refractivity contribution in [1.82, 2.24) is 0 Å². The number of nitrogens with one attached hydrogen (secondary N) is 1. The molecule has 0 radical (unpaired) electrons. The van der Waals surface area contributed by atoms with Crippen LogP contribution >= 0.6 is 27.7 Å². The third kappa shape index (κ3) is 5.07. The molecule has 1 amide bonds. The second-order valence-corrected chi connectivity index (χ2v) is 5.37. The van der Waals surface area contributed by atoms with Crippen LogP contribution in [-0.4, -0.2) is 34.5 Å². The van der Waals surface area contributed by atoms with E-state index in [0.717, 1.165) is 4.47 Å². The summed E-state index contributed by atoms with van der Waals surface area (Å²) in [5, 5.41) is 11.3. The number of hydrogen-bond donors (Lipinski definition) is 3. The van der Waals surface area contributed by atoms with Crippen LogP contribution in [0.3, 0.4) is 0 Å². The second-order valence-electron chi connectivity index (χ2n) is 3.49. The molecule has 98 valence electrons. The number of aliphatic carboxylic acids is 1. The Morgan fingerprint density at radius 1 is 1.44 bits per heavy atom. The lowest BCUT2D eigenvalue weighted by Gasteiger charge is -2.08. The van der Waals surface area contributed by atoms with E-state index >= 15 is 0 Å². The molecule has 1 unspecified atom stereocenters. The van der Waals surface area contributed by atoms with Crippen LogP contribution < -0.4 is 11.1 Å². The maximum absolute atomic E-state index is 11.6. The van der Waals surface area contributed by atoms with Crippen molar-refractivity contribution in [3.05, 3.63) is 28.7 Å². The zero-order chi connectivity index (χ0) is 13.5. The fraction of sp³-hybridized carbons (Fsp3) is 0.273. The molecule has 1 atom stereocenters. The number of carboxylic acid groups (broad SMARTS) is 1. The summed E-state index contributed by atoms with van der Waals surface area (Å²) >= 11 is 4.51. The third-order valence-electron chi connectivity index (χ3n) is 2.00. The third-order valence-corrected chi connectivity index (χ3v) is 3.75. The van der Waals surface area contributed by atoms with Gasteiger partial charge in [-0.05, 0) is 28.1 Å². The second kappa shape index (κ2) is 7.40. The molecule has 5 nitrogen and oxygen atoms in total. The zero-order valence-electron chi connectivity index (χ0n) is 9.43. The Kier molecular flexibility index (Phi) is 6.17. The first-order valence-corrected chi connectivity index (χ1v) is 7.06. The van der Waals surface area contributed by atoms with Gasteiger partial charge in [0.05, 0.1) is 11.4 Å². The van der Waals surface area contributed by atoms with Crippen LogP contribution in [0.25, 0.3) is 0 Å². The minimum Gasteiger partial charge on any atom is -0.480 e. The van der Waals surface area contributed by atoms with Gasteiger partial charge >= 0.3 is 5.97 Å². The van der Waals surface area contributed by atoms with Gasteiger partial charge in [0.15, 0.2) is 0 Å². The molecule has 1 aromatic carbocycles. The molecule has 0 aliphatic carbocycles. The number of carbonyl (C=O) groups is 2. The Morgan fingerprint density at radius 3 is 2.72 bits per heavy atom. The molecule has 0 saturated heterocycles. The quantitative estimate of drug-likeness (QED) is 0.734. The summed E-state index contributed by atoms with van der Waals surface area (Å²) in [6.45, 7) is 0. The van der Waals surface area contributed by atoms with Crippen LogP contribution in [0.1, 0.15) is 0 Å². The number of benzene rings is 1. The Balaban J connectivity index is 2.35. The van der Waals surface area contributed by atoms with E-state index in [1.165, 1.54) is 11.8 Å². The molecule has 0 aliphatic heterocycles. The van der Waals surface area contributed by atoms with Gasteiger partial charge in [0, 0.05) is 10.2 Å². The van der Waals surface area contributed by atoms with Gasteiger partial charge < -0.3 is 16.2 Å². The molecule has 0 spiro atoms. The fourth-order valence-corrected chi connectivity index (χ4v) is 2.25. The number of anilines is 1. The SMILES string of the molecule is NC(CSCC(=O)Nc1ccccc1Br)C(=O)O. The van der Waals surface area contributed by atoms with Crippen LogP contribution in [0.5, 0.6) is 0 Å². The molecule has 0 fully saturated rings. The number of amides is 1. The zero-order valence-corrected chi connectivity index (χ0v) is 11.8. The van der Waals surface area contributed by atoms with E-state index in [4.69, 9.17) is 10.8 Å². The molecule has 1 rings (SSSR count). The summed E-state index contributed by atoms with van der Waals surface area (Å²) in [5.74, 6) is -0.876. The average Bonchev–Trinajstić information content (AvgIpc) is 2.32. The van der Waals surface area contributed by atoms with Gasteiger partial charge in [0.1, 0.15) is 6.04 Å². The number of rotatable bonds is 6. The van der Waals surface area contributed by atoms with E-state index in [1.54, 1.807) is 6.07 Å². The first-order chi connectivity index (χ1) is 8.50. The normalized spacial score (nSPS) is 11.9. The van der Waals surface area contributed by atoms with Gasteiger partial charge in [-0.3, -0.25) is 9.59 Å². The highest BCUT2D eigenvalue weighted by Crippen LogP contribution is 2.21. The van der Waals surface area contributed by atoms with Crippen molar-refractivity contribution in [1.29, 1.82) is 0 Å². The molecule has 7 heteroatoms. The lowest BCUT2D eigenvalue weighted by Crippen LogP contribution is -2.33. The van der Waals surface area contributed by atoms with Gasteiger partial charge in [0.2, 0.25) is 5.91 Å². The largest absolute Gasteiger partial charge is 0.480 e. The van der Waals surface area contributed by atoms with Crippen LogP contribution in [0.15, 0.2) is 28.7 Å². The van der Waals surface area contributed by atoms with Gasteiger partial charge in [0.25, 0.3) is 0 Å². The summed E-state index contributed by atoms with van der Waals surface area (Å²) in [6.07, 6.45) is 0. The minimum atomic E-state index is -1.06. The number of thioether (sulfide) groups is 1. The molecule has 0 aromatic heterocycles. The van der Waals surface area contributed by atoms with Crippen LogP contribution in [-0.2, 0) is 9.59 Å². The molecule has 4 N–H and O–H groups in total. The van der Waals surface area contributed by atoms with Crippen molar-refractivity contribution in [2.24, 2.45) is 5.73 Å². The monoisotopic (exact) mass is 332 g/mol. The maximum Gasteiger partial charge on any atom is 0.321 e. The Morgan fingerprint density at radius 2 is 2.11 bits per heavy atom. The number of para-hydroxylation sites is 1. The number of carbonyl (C=O) groups excluding carboxylic acids is 1. The van der Waals surface area contributed by atoms with Gasteiger partial charge in [-0.1, -0.05) is 12.1 Å². The van der Waals surface area contributed by atoms with E-state index in [9.17, 15) is 9.59 Å². The number of hydrogen-bond acceptors (Lipinski definition) is 4. The first kappa shape index (κ1) is 15.0. The van der Waals surface area contributed by atoms with Crippen LogP contribution in [0, 0.1) is 0 Å². The Labute approximate surface area is 117 Å². The van der Waals surface area contributed by atoms with E-state index in [1.807, 2.05) is 18.2 Å². The molecule has 18 heavy (non-hydrogen) atoms. The molecular weight excluding hydrogens is 320 g/mol. The van der Waals surface area contributed by atoms with E-state index in [2.05, 4.69) is 21.2 Å². The highest BCUT2D eigenvalue weighted by Gasteiger charge is 2.12. The number of nitrogens with two attached hydrogens (primary N) is 1. The van der Waals surface area contributed by atoms with E-state index in [0.29, 0.717) is 5.69 Å². The van der Waals surface area contributed by atoms with Crippen molar-refractivity contribution in [3.8, 4) is 0 Å². The highest BCUT2D eigenvalue weighted by atomic mass is 79.9. The van der Waals surface area contributed by atoms with Crippen LogP contribution in [0.4, 0.5) is 5.69 Å². The Hall–Kier alpha value is -1.05. The van der Waals surface area contributed by atoms with E-state index < -0.39 is 12.0 Å². The number of halogens is 1. The standard InChI is InChI=1S/C11H13BrN2O3S/c12-7-3-1-2-4-9(7)14-10(15)6-18-5-8(13)11(16)17/h1-4,8H,5-6,13H2,(H,14,15)(H,16,17). The van der Waals surface area contributed by atoms with Crippen LogP contribution in [0.2, 0.25) is 0 Å². The molecule has 1 aromatic rings. The molecule has 0 heterocycles. The van der Waals surface area contributed by atoms with E-state index in [-0.39, 0.29) is 17.4 Å². The maximum atomic E-state index is 11.6. The van der Waals surface area contributed by atoms with Crippen molar-refractivity contribution in [3.63, 3.8) is 0 Å². The summed E-state index contributed by atoms with van der Waals surface area (Å²) < 4.78 is 0.797. The lowest BCUT2D eigenvalue weighted by molar-refractivity contribution is -0.137.